The molecule has 0 aliphatic heterocycles. The van der Waals surface area contributed by atoms with Crippen molar-refractivity contribution in [1.29, 1.82) is 0 Å². The van der Waals surface area contributed by atoms with Crippen molar-refractivity contribution in [2.75, 3.05) is 5.32 Å². The number of anilines is 1. The molecule has 1 heterocycles. The van der Waals surface area contributed by atoms with Crippen LogP contribution >= 0.6 is 11.3 Å². The maximum atomic E-state index is 13.7. The second kappa shape index (κ2) is 6.37. The molecule has 0 atom stereocenters. The Morgan fingerprint density at radius 3 is 2.64 bits per heavy atom. The molecular weight excluding hydrogens is 342 g/mol. The van der Waals surface area contributed by atoms with Crippen molar-refractivity contribution in [3.8, 4) is 11.3 Å². The van der Waals surface area contributed by atoms with Gasteiger partial charge >= 0.3 is 0 Å². The Kier molecular flexibility index (Phi) is 4.05. The van der Waals surface area contributed by atoms with E-state index in [9.17, 15) is 13.6 Å². The number of amides is 1. The predicted molar refractivity (Wildman–Crippen MR) is 93.9 cm³/mol. The lowest BCUT2D eigenvalue weighted by atomic mass is 10.1. The van der Waals surface area contributed by atoms with Crippen LogP contribution in [0.15, 0.2) is 41.8 Å². The number of rotatable bonds is 3. The van der Waals surface area contributed by atoms with Gasteiger partial charge in [0.1, 0.15) is 17.2 Å². The number of carbonyl (C=O) groups excluding carboxylic acids is 1. The predicted octanol–water partition coefficient (Wildman–Crippen LogP) is 4.83. The summed E-state index contributed by atoms with van der Waals surface area (Å²) in [6, 6.07) is 9.58. The van der Waals surface area contributed by atoms with E-state index in [1.807, 2.05) is 11.4 Å². The smallest absolute Gasteiger partial charge is 0.263 e. The van der Waals surface area contributed by atoms with Gasteiger partial charge in [-0.1, -0.05) is 18.2 Å². The fourth-order valence-corrected chi connectivity index (χ4v) is 3.78. The molecule has 126 valence electrons. The summed E-state index contributed by atoms with van der Waals surface area (Å²) >= 11 is 1.22. The van der Waals surface area contributed by atoms with Crippen LogP contribution in [0.1, 0.15) is 27.9 Å². The first-order valence-electron chi connectivity index (χ1n) is 7.95. The number of carbonyl (C=O) groups is 1. The zero-order valence-electron chi connectivity index (χ0n) is 13.2. The Balaban J connectivity index is 1.57. The first-order chi connectivity index (χ1) is 12.1. The summed E-state index contributed by atoms with van der Waals surface area (Å²) in [6.07, 6.45) is 3.36. The molecule has 0 radical (unpaired) electrons. The van der Waals surface area contributed by atoms with E-state index in [4.69, 9.17) is 0 Å². The van der Waals surface area contributed by atoms with Gasteiger partial charge in [0.25, 0.3) is 5.91 Å². The molecular formula is C19H14F2N2OS. The third-order valence-corrected chi connectivity index (χ3v) is 5.07. The molecule has 1 N–H and O–H groups in total. The highest BCUT2D eigenvalue weighted by Gasteiger charge is 2.19. The van der Waals surface area contributed by atoms with E-state index in [1.54, 1.807) is 0 Å². The number of aromatic nitrogens is 1. The number of halogens is 2. The number of aryl methyl sites for hydroxylation is 2. The van der Waals surface area contributed by atoms with Crippen LogP contribution in [0.4, 0.5) is 13.9 Å². The Morgan fingerprint density at radius 1 is 1.08 bits per heavy atom. The molecule has 1 aromatic heterocycles. The maximum absolute atomic E-state index is 13.7. The second-order valence-electron chi connectivity index (χ2n) is 5.93. The normalized spacial score (nSPS) is 12.9. The van der Waals surface area contributed by atoms with Crippen molar-refractivity contribution in [1.82, 2.24) is 4.98 Å². The van der Waals surface area contributed by atoms with Gasteiger partial charge in [-0.05, 0) is 48.6 Å². The van der Waals surface area contributed by atoms with Crippen molar-refractivity contribution in [2.24, 2.45) is 0 Å². The van der Waals surface area contributed by atoms with Crippen LogP contribution in [0.2, 0.25) is 0 Å². The summed E-state index contributed by atoms with van der Waals surface area (Å²) in [7, 11) is 0. The lowest BCUT2D eigenvalue weighted by Gasteiger charge is -2.04. The maximum Gasteiger partial charge on any atom is 0.263 e. The number of thiazole rings is 1. The largest absolute Gasteiger partial charge is 0.298 e. The average molecular weight is 356 g/mol. The van der Waals surface area contributed by atoms with Crippen LogP contribution in [-0.2, 0) is 12.8 Å². The average Bonchev–Trinajstić information content (AvgIpc) is 3.22. The van der Waals surface area contributed by atoms with E-state index in [1.165, 1.54) is 35.0 Å². The zero-order chi connectivity index (χ0) is 17.4. The number of nitrogens with one attached hydrogen (secondary N) is 1. The molecule has 25 heavy (non-hydrogen) atoms. The molecule has 0 saturated carbocycles. The van der Waals surface area contributed by atoms with Crippen molar-refractivity contribution in [3.63, 3.8) is 0 Å². The Labute approximate surface area is 147 Å². The number of benzene rings is 2. The summed E-state index contributed by atoms with van der Waals surface area (Å²) in [5, 5.41) is 4.60. The molecule has 3 aromatic rings. The van der Waals surface area contributed by atoms with Gasteiger partial charge in [-0.15, -0.1) is 11.3 Å². The molecule has 1 aliphatic carbocycles. The summed E-state index contributed by atoms with van der Waals surface area (Å²) < 4.78 is 27.4. The van der Waals surface area contributed by atoms with Gasteiger partial charge in [-0.3, -0.25) is 10.1 Å². The topological polar surface area (TPSA) is 42.0 Å². The molecule has 0 bridgehead atoms. The van der Waals surface area contributed by atoms with Crippen molar-refractivity contribution < 1.29 is 13.6 Å². The minimum atomic E-state index is -0.895. The third-order valence-electron chi connectivity index (χ3n) is 4.31. The monoisotopic (exact) mass is 356 g/mol. The number of hydrogen-bond donors (Lipinski definition) is 1. The van der Waals surface area contributed by atoms with Crippen LogP contribution < -0.4 is 5.32 Å². The minimum absolute atomic E-state index is 0.308. The molecule has 0 fully saturated rings. The van der Waals surface area contributed by atoms with Gasteiger partial charge in [0, 0.05) is 10.9 Å². The lowest BCUT2D eigenvalue weighted by molar-refractivity contribution is 0.101. The number of fused-ring (bicyclic) bond motifs is 1. The van der Waals surface area contributed by atoms with E-state index in [0.29, 0.717) is 5.13 Å². The highest BCUT2D eigenvalue weighted by atomic mass is 32.1. The first-order valence-corrected chi connectivity index (χ1v) is 8.83. The minimum Gasteiger partial charge on any atom is -0.298 e. The molecule has 0 saturated heterocycles. The number of nitrogens with zero attached hydrogens (tertiary/aromatic N) is 1. The van der Waals surface area contributed by atoms with Crippen molar-refractivity contribution in [2.45, 2.75) is 19.3 Å². The van der Waals surface area contributed by atoms with Crippen LogP contribution in [0.25, 0.3) is 11.3 Å². The van der Waals surface area contributed by atoms with E-state index >= 15 is 0 Å². The summed E-state index contributed by atoms with van der Waals surface area (Å²) in [6.45, 7) is 0. The quantitative estimate of drug-likeness (QED) is 0.730. The van der Waals surface area contributed by atoms with E-state index < -0.39 is 23.1 Å². The van der Waals surface area contributed by atoms with Crippen LogP contribution in [0.5, 0.6) is 0 Å². The van der Waals surface area contributed by atoms with Gasteiger partial charge in [-0.25, -0.2) is 13.8 Å². The standard InChI is InChI=1S/C19H14F2N2OS/c20-14-5-2-6-15(21)17(14)18(24)23-19-22-16(10-25-19)13-8-7-11-3-1-4-12(11)9-13/h2,5-10H,1,3-4H2,(H,22,23,24). The van der Waals surface area contributed by atoms with Gasteiger partial charge in [0.2, 0.25) is 0 Å². The van der Waals surface area contributed by atoms with Crippen LogP contribution in [-0.4, -0.2) is 10.9 Å². The van der Waals surface area contributed by atoms with Crippen molar-refractivity contribution >= 4 is 22.4 Å². The van der Waals surface area contributed by atoms with Gasteiger partial charge in [0.05, 0.1) is 5.69 Å². The third kappa shape index (κ3) is 3.05. The lowest BCUT2D eigenvalue weighted by Crippen LogP contribution is -2.15. The van der Waals surface area contributed by atoms with E-state index in [0.717, 1.165) is 36.2 Å². The summed E-state index contributed by atoms with van der Waals surface area (Å²) in [5.41, 5.74) is 3.84. The molecule has 0 spiro atoms. The number of hydrogen-bond acceptors (Lipinski definition) is 3. The molecule has 3 nitrogen and oxygen atoms in total. The zero-order valence-corrected chi connectivity index (χ0v) is 14.0. The summed E-state index contributed by atoms with van der Waals surface area (Å²) in [4.78, 5) is 16.5. The SMILES string of the molecule is O=C(Nc1nc(-c2ccc3c(c2)CCC3)cs1)c1c(F)cccc1F. The van der Waals surface area contributed by atoms with Gasteiger partial charge in [-0.2, -0.15) is 0 Å². The summed E-state index contributed by atoms with van der Waals surface area (Å²) in [5.74, 6) is -2.63. The molecule has 2 aromatic carbocycles. The second-order valence-corrected chi connectivity index (χ2v) is 6.78. The molecule has 0 unspecified atom stereocenters. The van der Waals surface area contributed by atoms with Crippen LogP contribution in [0.3, 0.4) is 0 Å². The molecule has 6 heteroatoms. The van der Waals surface area contributed by atoms with E-state index in [-0.39, 0.29) is 0 Å². The van der Waals surface area contributed by atoms with Gasteiger partial charge < -0.3 is 0 Å². The van der Waals surface area contributed by atoms with Crippen molar-refractivity contribution in [3.05, 3.63) is 70.1 Å². The molecule has 1 aliphatic rings. The van der Waals surface area contributed by atoms with Gasteiger partial charge in [0.15, 0.2) is 5.13 Å². The Hall–Kier alpha value is -2.60. The highest BCUT2D eigenvalue weighted by molar-refractivity contribution is 7.14. The molecule has 4 rings (SSSR count). The van der Waals surface area contributed by atoms with E-state index in [2.05, 4.69) is 22.4 Å². The highest BCUT2D eigenvalue weighted by Crippen LogP contribution is 2.30. The fraction of sp³-hybridized carbons (Fsp3) is 0.158. The Morgan fingerprint density at radius 2 is 1.84 bits per heavy atom. The fourth-order valence-electron chi connectivity index (χ4n) is 3.07. The first kappa shape index (κ1) is 15.9. The Bertz CT molecular complexity index is 948. The molecule has 1 amide bonds. The van der Waals surface area contributed by atoms with Crippen LogP contribution in [0, 0.1) is 11.6 Å².